The first-order valence-corrected chi connectivity index (χ1v) is 6.22. The Morgan fingerprint density at radius 1 is 1.28 bits per heavy atom. The molecule has 0 aliphatic heterocycles. The molecule has 1 aromatic rings. The third kappa shape index (κ3) is 3.71. The molecule has 104 valence electrons. The van der Waals surface area contributed by atoms with Crippen molar-refractivity contribution in [1.82, 2.24) is 5.16 Å². The van der Waals surface area contributed by atoms with Gasteiger partial charge in [0.25, 0.3) is 0 Å². The van der Waals surface area contributed by atoms with Crippen LogP contribution in [0.5, 0.6) is 0 Å². The highest BCUT2D eigenvalue weighted by Crippen LogP contribution is 2.26. The van der Waals surface area contributed by atoms with Crippen molar-refractivity contribution < 1.29 is 14.0 Å². The summed E-state index contributed by atoms with van der Waals surface area (Å²) < 4.78 is 15.7. The standard InChI is InChI=1S/C13H24N2O3/c1-9(2)10(3)11-7-12(14-18-11)15(4)8-13(16-5)17-6/h7,9-10,13H,8H2,1-6H3/t10-/m0/s1. The molecule has 1 atom stereocenters. The Balaban J connectivity index is 2.67. The van der Waals surface area contributed by atoms with E-state index in [0.717, 1.165) is 11.6 Å². The zero-order valence-corrected chi connectivity index (χ0v) is 12.1. The van der Waals surface area contributed by atoms with Crippen LogP contribution in [0, 0.1) is 5.92 Å². The van der Waals surface area contributed by atoms with Gasteiger partial charge in [-0.3, -0.25) is 0 Å². The third-order valence-electron chi connectivity index (χ3n) is 3.30. The van der Waals surface area contributed by atoms with Crippen LogP contribution in [0.25, 0.3) is 0 Å². The molecule has 0 aliphatic rings. The molecule has 0 amide bonds. The minimum Gasteiger partial charge on any atom is -0.359 e. The molecule has 0 radical (unpaired) electrons. The first-order chi connectivity index (χ1) is 8.49. The van der Waals surface area contributed by atoms with E-state index in [1.165, 1.54) is 0 Å². The molecule has 0 aliphatic carbocycles. The number of anilines is 1. The maximum Gasteiger partial charge on any atom is 0.174 e. The molecule has 0 fully saturated rings. The van der Waals surface area contributed by atoms with Gasteiger partial charge in [0.15, 0.2) is 12.1 Å². The summed E-state index contributed by atoms with van der Waals surface area (Å²) in [5.74, 6) is 2.61. The smallest absolute Gasteiger partial charge is 0.174 e. The number of methoxy groups -OCH3 is 2. The second kappa shape index (κ2) is 6.75. The van der Waals surface area contributed by atoms with E-state index in [1.54, 1.807) is 14.2 Å². The lowest BCUT2D eigenvalue weighted by atomic mass is 9.96. The maximum absolute atomic E-state index is 5.38. The summed E-state index contributed by atoms with van der Waals surface area (Å²) in [6.07, 6.45) is -0.266. The highest BCUT2D eigenvalue weighted by atomic mass is 16.7. The van der Waals surface area contributed by atoms with Crippen LogP contribution < -0.4 is 4.90 Å². The van der Waals surface area contributed by atoms with Crippen LogP contribution in [0.2, 0.25) is 0 Å². The molecule has 1 aromatic heterocycles. The summed E-state index contributed by atoms with van der Waals surface area (Å²) in [6.45, 7) is 7.09. The maximum atomic E-state index is 5.38. The number of aromatic nitrogens is 1. The van der Waals surface area contributed by atoms with Gasteiger partial charge < -0.3 is 18.9 Å². The number of ether oxygens (including phenoxy) is 2. The number of hydrogen-bond donors (Lipinski definition) is 0. The van der Waals surface area contributed by atoms with Gasteiger partial charge in [0, 0.05) is 33.3 Å². The average Bonchev–Trinajstić information content (AvgIpc) is 2.84. The van der Waals surface area contributed by atoms with E-state index >= 15 is 0 Å². The fourth-order valence-corrected chi connectivity index (χ4v) is 1.56. The number of likely N-dealkylation sites (N-methyl/N-ethyl adjacent to an activating group) is 1. The lowest BCUT2D eigenvalue weighted by Gasteiger charge is -2.21. The second-order valence-electron chi connectivity index (χ2n) is 4.90. The van der Waals surface area contributed by atoms with E-state index in [2.05, 4.69) is 25.9 Å². The van der Waals surface area contributed by atoms with Crippen LogP contribution >= 0.6 is 0 Å². The molecule has 1 heterocycles. The van der Waals surface area contributed by atoms with E-state index in [9.17, 15) is 0 Å². The summed E-state index contributed by atoms with van der Waals surface area (Å²) in [7, 11) is 5.18. The second-order valence-corrected chi connectivity index (χ2v) is 4.90. The topological polar surface area (TPSA) is 47.7 Å². The number of nitrogens with zero attached hydrogens (tertiary/aromatic N) is 2. The molecule has 5 nitrogen and oxygen atoms in total. The molecule has 5 heteroatoms. The summed E-state index contributed by atoms with van der Waals surface area (Å²) in [4.78, 5) is 1.96. The van der Waals surface area contributed by atoms with E-state index < -0.39 is 0 Å². The van der Waals surface area contributed by atoms with Gasteiger partial charge in [-0.05, 0) is 5.92 Å². The number of rotatable bonds is 7. The van der Waals surface area contributed by atoms with Gasteiger partial charge in [0.05, 0.1) is 6.54 Å². The minimum atomic E-state index is -0.266. The van der Waals surface area contributed by atoms with Crippen LogP contribution in [0.15, 0.2) is 10.6 Å². The fraction of sp³-hybridized carbons (Fsp3) is 0.769. The van der Waals surface area contributed by atoms with Crippen molar-refractivity contribution in [3.8, 4) is 0 Å². The fourth-order valence-electron chi connectivity index (χ4n) is 1.56. The molecular weight excluding hydrogens is 232 g/mol. The molecule has 0 bridgehead atoms. The SMILES string of the molecule is COC(CN(C)c1cc([C@@H](C)C(C)C)on1)OC. The van der Waals surface area contributed by atoms with Crippen LogP contribution in [-0.2, 0) is 9.47 Å². The van der Waals surface area contributed by atoms with Crippen molar-refractivity contribution in [2.75, 3.05) is 32.7 Å². The van der Waals surface area contributed by atoms with Gasteiger partial charge >= 0.3 is 0 Å². The van der Waals surface area contributed by atoms with Crippen LogP contribution in [0.1, 0.15) is 32.4 Å². The van der Waals surface area contributed by atoms with Gasteiger partial charge in [-0.2, -0.15) is 0 Å². The molecule has 0 unspecified atom stereocenters. The first kappa shape index (κ1) is 15.0. The van der Waals surface area contributed by atoms with Crippen molar-refractivity contribution in [2.45, 2.75) is 33.0 Å². The van der Waals surface area contributed by atoms with E-state index in [4.69, 9.17) is 14.0 Å². The van der Waals surface area contributed by atoms with E-state index in [-0.39, 0.29) is 6.29 Å². The molecule has 1 rings (SSSR count). The predicted octanol–water partition coefficient (Wildman–Crippen LogP) is 2.49. The van der Waals surface area contributed by atoms with Gasteiger partial charge in [-0.25, -0.2) is 0 Å². The lowest BCUT2D eigenvalue weighted by molar-refractivity contribution is -0.0945. The Bertz CT molecular complexity index is 348. The van der Waals surface area contributed by atoms with Crippen LogP contribution in [0.4, 0.5) is 5.82 Å². The van der Waals surface area contributed by atoms with Crippen molar-refractivity contribution in [3.05, 3.63) is 11.8 Å². The zero-order valence-electron chi connectivity index (χ0n) is 12.1. The Morgan fingerprint density at radius 3 is 2.39 bits per heavy atom. The monoisotopic (exact) mass is 256 g/mol. The summed E-state index contributed by atoms with van der Waals surface area (Å²) in [5.41, 5.74) is 0. The zero-order chi connectivity index (χ0) is 13.7. The molecule has 18 heavy (non-hydrogen) atoms. The van der Waals surface area contributed by atoms with Crippen molar-refractivity contribution >= 4 is 5.82 Å². The molecule has 0 N–H and O–H groups in total. The summed E-state index contributed by atoms with van der Waals surface area (Å²) in [6, 6.07) is 1.98. The number of hydrogen-bond acceptors (Lipinski definition) is 5. The van der Waals surface area contributed by atoms with Crippen molar-refractivity contribution in [2.24, 2.45) is 5.92 Å². The largest absolute Gasteiger partial charge is 0.359 e. The highest BCUT2D eigenvalue weighted by molar-refractivity contribution is 5.37. The molecule has 0 aromatic carbocycles. The van der Waals surface area contributed by atoms with E-state index in [0.29, 0.717) is 18.4 Å². The van der Waals surface area contributed by atoms with Gasteiger partial charge in [0.2, 0.25) is 0 Å². The normalized spacial score (nSPS) is 13.3. The van der Waals surface area contributed by atoms with Gasteiger partial charge in [-0.15, -0.1) is 0 Å². The van der Waals surface area contributed by atoms with Crippen molar-refractivity contribution in [3.63, 3.8) is 0 Å². The Hall–Kier alpha value is -1.07. The van der Waals surface area contributed by atoms with Crippen molar-refractivity contribution in [1.29, 1.82) is 0 Å². The Kier molecular flexibility index (Phi) is 5.62. The van der Waals surface area contributed by atoms with E-state index in [1.807, 2.05) is 18.0 Å². The minimum absolute atomic E-state index is 0.266. The third-order valence-corrected chi connectivity index (χ3v) is 3.30. The molecule has 0 saturated heterocycles. The summed E-state index contributed by atoms with van der Waals surface area (Å²) in [5, 5.41) is 4.08. The summed E-state index contributed by atoms with van der Waals surface area (Å²) >= 11 is 0. The highest BCUT2D eigenvalue weighted by Gasteiger charge is 2.18. The van der Waals surface area contributed by atoms with Crippen LogP contribution in [0.3, 0.4) is 0 Å². The molecule has 0 spiro atoms. The molecular formula is C13H24N2O3. The van der Waals surface area contributed by atoms with Gasteiger partial charge in [0.1, 0.15) is 5.76 Å². The lowest BCUT2D eigenvalue weighted by Crippen LogP contribution is -2.31. The predicted molar refractivity (Wildman–Crippen MR) is 70.8 cm³/mol. The quantitative estimate of drug-likeness (QED) is 0.701. The molecule has 0 saturated carbocycles. The first-order valence-electron chi connectivity index (χ1n) is 6.22. The Labute approximate surface area is 109 Å². The Morgan fingerprint density at radius 2 is 1.89 bits per heavy atom. The van der Waals surface area contributed by atoms with Gasteiger partial charge in [-0.1, -0.05) is 25.9 Å². The van der Waals surface area contributed by atoms with Crippen LogP contribution in [-0.4, -0.2) is 39.3 Å². The average molecular weight is 256 g/mol.